The quantitative estimate of drug-likeness (QED) is 0.388. The van der Waals surface area contributed by atoms with Crippen molar-refractivity contribution in [2.75, 3.05) is 6.61 Å². The van der Waals surface area contributed by atoms with E-state index in [1.807, 2.05) is 0 Å². The van der Waals surface area contributed by atoms with E-state index in [1.54, 1.807) is 0 Å². The second-order valence-electron chi connectivity index (χ2n) is 3.37. The molecule has 0 amide bonds. The van der Waals surface area contributed by atoms with E-state index in [2.05, 4.69) is 13.0 Å². The standard InChI is InChI=1S/C9H12O2/c1-6-3-2-4-7-8(6)5-11-9(7)10/h3,7-8H,2,4-5H2,1H3/t7-,8+/m1/s1. The molecule has 1 saturated heterocycles. The Morgan fingerprint density at radius 3 is 3.09 bits per heavy atom. The number of ether oxygens (including phenoxy) is 1. The van der Waals surface area contributed by atoms with E-state index in [0.29, 0.717) is 12.5 Å². The first-order valence-electron chi connectivity index (χ1n) is 4.12. The molecular formula is C9H12O2. The second kappa shape index (κ2) is 2.36. The fourth-order valence-electron chi connectivity index (χ4n) is 1.97. The monoisotopic (exact) mass is 152 g/mol. The summed E-state index contributed by atoms with van der Waals surface area (Å²) in [5.41, 5.74) is 1.34. The lowest BCUT2D eigenvalue weighted by Crippen LogP contribution is -2.19. The smallest absolute Gasteiger partial charge is 0.309 e. The number of hydrogen-bond acceptors (Lipinski definition) is 2. The predicted molar refractivity (Wildman–Crippen MR) is 40.9 cm³/mol. The summed E-state index contributed by atoms with van der Waals surface area (Å²) in [5, 5.41) is 0. The summed E-state index contributed by atoms with van der Waals surface area (Å²) in [6.45, 7) is 2.71. The zero-order valence-electron chi connectivity index (χ0n) is 6.67. The zero-order valence-corrected chi connectivity index (χ0v) is 6.67. The van der Waals surface area contributed by atoms with Gasteiger partial charge in [0.25, 0.3) is 0 Å². The Bertz CT molecular complexity index is 218. The molecule has 2 rings (SSSR count). The summed E-state index contributed by atoms with van der Waals surface area (Å²) in [6, 6.07) is 0. The van der Waals surface area contributed by atoms with Crippen LogP contribution < -0.4 is 0 Å². The number of carbonyl (C=O) groups excluding carboxylic acids is 1. The predicted octanol–water partition coefficient (Wildman–Crippen LogP) is 1.52. The maximum atomic E-state index is 11.1. The maximum Gasteiger partial charge on any atom is 0.309 e. The highest BCUT2D eigenvalue weighted by Crippen LogP contribution is 2.35. The van der Waals surface area contributed by atoms with Gasteiger partial charge in [0.2, 0.25) is 0 Å². The van der Waals surface area contributed by atoms with E-state index >= 15 is 0 Å². The fraction of sp³-hybridized carbons (Fsp3) is 0.667. The van der Waals surface area contributed by atoms with Crippen LogP contribution in [0.4, 0.5) is 0 Å². The van der Waals surface area contributed by atoms with E-state index in [4.69, 9.17) is 4.74 Å². The van der Waals surface area contributed by atoms with Crippen LogP contribution >= 0.6 is 0 Å². The lowest BCUT2D eigenvalue weighted by molar-refractivity contribution is -0.141. The summed E-state index contributed by atoms with van der Waals surface area (Å²) in [7, 11) is 0. The van der Waals surface area contributed by atoms with E-state index < -0.39 is 0 Å². The first-order valence-corrected chi connectivity index (χ1v) is 4.12. The second-order valence-corrected chi connectivity index (χ2v) is 3.37. The van der Waals surface area contributed by atoms with Crippen molar-refractivity contribution in [3.63, 3.8) is 0 Å². The highest BCUT2D eigenvalue weighted by Gasteiger charge is 2.38. The summed E-state index contributed by atoms with van der Waals surface area (Å²) in [4.78, 5) is 11.1. The molecule has 0 saturated carbocycles. The number of rotatable bonds is 0. The number of esters is 1. The molecule has 2 nitrogen and oxygen atoms in total. The molecule has 2 aliphatic rings. The number of hydrogen-bond donors (Lipinski definition) is 0. The molecule has 2 atom stereocenters. The summed E-state index contributed by atoms with van der Waals surface area (Å²) < 4.78 is 4.99. The molecule has 0 unspecified atom stereocenters. The molecule has 0 spiro atoms. The first kappa shape index (κ1) is 6.89. The average Bonchev–Trinajstić information content (AvgIpc) is 2.35. The molecule has 0 radical (unpaired) electrons. The fourth-order valence-corrected chi connectivity index (χ4v) is 1.97. The molecule has 0 aromatic rings. The minimum atomic E-state index is 0.0162. The SMILES string of the molecule is CC1=CCC[C@H]2C(=O)OC[C@@H]12. The van der Waals surface area contributed by atoms with Crippen molar-refractivity contribution < 1.29 is 9.53 Å². The van der Waals surface area contributed by atoms with Crippen LogP contribution in [0.1, 0.15) is 19.8 Å². The summed E-state index contributed by atoms with van der Waals surface area (Å²) >= 11 is 0. The average molecular weight is 152 g/mol. The Hall–Kier alpha value is -0.790. The van der Waals surface area contributed by atoms with Crippen molar-refractivity contribution in [1.29, 1.82) is 0 Å². The molecule has 1 aliphatic carbocycles. The van der Waals surface area contributed by atoms with Crippen molar-refractivity contribution in [3.8, 4) is 0 Å². The van der Waals surface area contributed by atoms with Gasteiger partial charge in [-0.25, -0.2) is 0 Å². The van der Waals surface area contributed by atoms with Crippen molar-refractivity contribution in [2.45, 2.75) is 19.8 Å². The van der Waals surface area contributed by atoms with Gasteiger partial charge in [-0.15, -0.1) is 0 Å². The van der Waals surface area contributed by atoms with Gasteiger partial charge in [-0.3, -0.25) is 4.79 Å². The molecule has 1 aliphatic heterocycles. The Balaban J connectivity index is 2.24. The highest BCUT2D eigenvalue weighted by atomic mass is 16.5. The van der Waals surface area contributed by atoms with Crippen LogP contribution in [0.25, 0.3) is 0 Å². The van der Waals surface area contributed by atoms with Crippen molar-refractivity contribution >= 4 is 5.97 Å². The van der Waals surface area contributed by atoms with Crippen molar-refractivity contribution in [3.05, 3.63) is 11.6 Å². The third-order valence-electron chi connectivity index (χ3n) is 2.72. The minimum Gasteiger partial charge on any atom is -0.465 e. The van der Waals surface area contributed by atoms with Gasteiger partial charge in [-0.2, -0.15) is 0 Å². The largest absolute Gasteiger partial charge is 0.465 e. The van der Waals surface area contributed by atoms with Crippen LogP contribution in [0.3, 0.4) is 0 Å². The van der Waals surface area contributed by atoms with Gasteiger partial charge in [0.15, 0.2) is 0 Å². The van der Waals surface area contributed by atoms with Gasteiger partial charge in [-0.05, 0) is 19.8 Å². The van der Waals surface area contributed by atoms with Gasteiger partial charge in [0.1, 0.15) is 0 Å². The van der Waals surface area contributed by atoms with Crippen LogP contribution in [0.5, 0.6) is 0 Å². The topological polar surface area (TPSA) is 26.3 Å². The minimum absolute atomic E-state index is 0.0162. The Kier molecular flexibility index (Phi) is 1.48. The number of cyclic esters (lactones) is 1. The van der Waals surface area contributed by atoms with Crippen LogP contribution in [0, 0.1) is 11.8 Å². The van der Waals surface area contributed by atoms with Crippen molar-refractivity contribution in [2.24, 2.45) is 11.8 Å². The van der Waals surface area contributed by atoms with Crippen LogP contribution in [-0.4, -0.2) is 12.6 Å². The third kappa shape index (κ3) is 0.971. The molecule has 0 N–H and O–H groups in total. The Labute approximate surface area is 66.2 Å². The maximum absolute atomic E-state index is 11.1. The van der Waals surface area contributed by atoms with E-state index in [-0.39, 0.29) is 11.9 Å². The van der Waals surface area contributed by atoms with Crippen molar-refractivity contribution in [1.82, 2.24) is 0 Å². The van der Waals surface area contributed by atoms with E-state index in [1.165, 1.54) is 5.57 Å². The third-order valence-corrected chi connectivity index (χ3v) is 2.72. The lowest BCUT2D eigenvalue weighted by Gasteiger charge is -2.19. The molecule has 0 bridgehead atoms. The lowest BCUT2D eigenvalue weighted by atomic mass is 9.81. The first-order chi connectivity index (χ1) is 5.29. The number of fused-ring (bicyclic) bond motifs is 1. The van der Waals surface area contributed by atoms with E-state index in [0.717, 1.165) is 12.8 Å². The van der Waals surface area contributed by atoms with Gasteiger partial charge >= 0.3 is 5.97 Å². The van der Waals surface area contributed by atoms with Gasteiger partial charge in [0, 0.05) is 5.92 Å². The highest BCUT2D eigenvalue weighted by molar-refractivity contribution is 5.75. The van der Waals surface area contributed by atoms with Crippen LogP contribution in [0.15, 0.2) is 11.6 Å². The van der Waals surface area contributed by atoms with E-state index in [9.17, 15) is 4.79 Å². The Morgan fingerprint density at radius 2 is 2.36 bits per heavy atom. The molecule has 2 heteroatoms. The molecule has 0 aromatic carbocycles. The van der Waals surface area contributed by atoms with Gasteiger partial charge in [-0.1, -0.05) is 11.6 Å². The molecule has 1 fully saturated rings. The molecular weight excluding hydrogens is 140 g/mol. The zero-order chi connectivity index (χ0) is 7.84. The van der Waals surface area contributed by atoms with Crippen LogP contribution in [0.2, 0.25) is 0 Å². The summed E-state index contributed by atoms with van der Waals surface area (Å²) in [6.07, 6.45) is 4.26. The van der Waals surface area contributed by atoms with Gasteiger partial charge < -0.3 is 4.74 Å². The molecule has 0 aromatic heterocycles. The number of allylic oxidation sites excluding steroid dienone is 1. The van der Waals surface area contributed by atoms with Gasteiger partial charge in [0.05, 0.1) is 12.5 Å². The molecule has 11 heavy (non-hydrogen) atoms. The normalized spacial score (nSPS) is 36.1. The molecule has 1 heterocycles. The van der Waals surface area contributed by atoms with Crippen LogP contribution in [-0.2, 0) is 9.53 Å². The number of carbonyl (C=O) groups is 1. The molecule has 60 valence electrons. The summed E-state index contributed by atoms with van der Waals surface area (Å²) in [5.74, 6) is 0.596. The Morgan fingerprint density at radius 1 is 1.55 bits per heavy atom.